The third kappa shape index (κ3) is 4.34. The number of hydrogen-bond donors (Lipinski definition) is 1. The Bertz CT molecular complexity index is 419. The molecular formula is C14H21Cl2NO. The highest BCUT2D eigenvalue weighted by molar-refractivity contribution is 6.35. The summed E-state index contributed by atoms with van der Waals surface area (Å²) < 4.78 is 5.42. The summed E-state index contributed by atoms with van der Waals surface area (Å²) in [6.45, 7) is 8.17. The van der Waals surface area contributed by atoms with Gasteiger partial charge in [-0.2, -0.15) is 0 Å². The molecule has 1 aromatic rings. The van der Waals surface area contributed by atoms with Gasteiger partial charge in [0.05, 0.1) is 16.3 Å². The Morgan fingerprint density at radius 3 is 2.44 bits per heavy atom. The highest BCUT2D eigenvalue weighted by Crippen LogP contribution is 2.30. The molecule has 0 heterocycles. The van der Waals surface area contributed by atoms with Crippen LogP contribution in [0, 0.1) is 6.92 Å². The van der Waals surface area contributed by atoms with Crippen molar-refractivity contribution in [2.45, 2.75) is 45.8 Å². The lowest BCUT2D eigenvalue weighted by atomic mass is 9.99. The average Bonchev–Trinajstić information content (AvgIpc) is 2.25. The van der Waals surface area contributed by atoms with Crippen LogP contribution in [0.5, 0.6) is 0 Å². The van der Waals surface area contributed by atoms with Crippen molar-refractivity contribution in [1.29, 1.82) is 0 Å². The molecule has 0 amide bonds. The van der Waals surface area contributed by atoms with Crippen molar-refractivity contribution in [2.75, 3.05) is 12.4 Å². The largest absolute Gasteiger partial charge is 0.381 e. The molecule has 0 aromatic heterocycles. The summed E-state index contributed by atoms with van der Waals surface area (Å²) in [5.74, 6) is 0. The fraction of sp³-hybridized carbons (Fsp3) is 0.571. The van der Waals surface area contributed by atoms with Crippen molar-refractivity contribution in [3.63, 3.8) is 0 Å². The highest BCUT2D eigenvalue weighted by Gasteiger charge is 2.20. The summed E-state index contributed by atoms with van der Waals surface area (Å²) in [5, 5.41) is 4.79. The molecule has 2 nitrogen and oxygen atoms in total. The van der Waals surface area contributed by atoms with Gasteiger partial charge in [-0.15, -0.1) is 0 Å². The van der Waals surface area contributed by atoms with Crippen LogP contribution in [0.25, 0.3) is 0 Å². The molecule has 1 atom stereocenters. The minimum absolute atomic E-state index is 0.159. The number of methoxy groups -OCH3 is 1. The molecular weight excluding hydrogens is 269 g/mol. The molecule has 1 rings (SSSR count). The van der Waals surface area contributed by atoms with E-state index in [0.29, 0.717) is 5.02 Å². The average molecular weight is 290 g/mol. The molecule has 4 heteroatoms. The van der Waals surface area contributed by atoms with E-state index in [0.717, 1.165) is 22.7 Å². The fourth-order valence-corrected chi connectivity index (χ4v) is 2.33. The first-order chi connectivity index (χ1) is 8.25. The van der Waals surface area contributed by atoms with Gasteiger partial charge in [-0.1, -0.05) is 23.2 Å². The number of rotatable bonds is 5. The van der Waals surface area contributed by atoms with Gasteiger partial charge in [0.25, 0.3) is 0 Å². The van der Waals surface area contributed by atoms with Gasteiger partial charge in [0.15, 0.2) is 0 Å². The fourth-order valence-electron chi connectivity index (χ4n) is 1.89. The van der Waals surface area contributed by atoms with Gasteiger partial charge < -0.3 is 10.1 Å². The minimum Gasteiger partial charge on any atom is -0.381 e. The number of halogens is 2. The molecule has 102 valence electrons. The van der Waals surface area contributed by atoms with Crippen LogP contribution >= 0.6 is 23.2 Å². The van der Waals surface area contributed by atoms with E-state index in [-0.39, 0.29) is 11.6 Å². The van der Waals surface area contributed by atoms with Crippen LogP contribution < -0.4 is 5.32 Å². The predicted molar refractivity (Wildman–Crippen MR) is 80.0 cm³/mol. The number of hydrogen-bond acceptors (Lipinski definition) is 2. The molecule has 0 bridgehead atoms. The molecule has 1 unspecified atom stereocenters. The maximum absolute atomic E-state index is 6.20. The maximum atomic E-state index is 6.20. The zero-order valence-electron chi connectivity index (χ0n) is 11.6. The first-order valence-corrected chi connectivity index (χ1v) is 6.78. The van der Waals surface area contributed by atoms with E-state index < -0.39 is 0 Å². The Morgan fingerprint density at radius 2 is 1.89 bits per heavy atom. The molecule has 0 saturated carbocycles. The molecule has 0 spiro atoms. The van der Waals surface area contributed by atoms with Crippen LogP contribution in [-0.2, 0) is 4.74 Å². The monoisotopic (exact) mass is 289 g/mol. The Balaban J connectivity index is 2.76. The second-order valence-electron chi connectivity index (χ2n) is 5.29. The standard InChI is InChI=1S/C14H21Cl2NO/c1-9-6-12(16)13(7-11(9)15)17-10(2)8-14(3,4)18-5/h6-7,10,17H,8H2,1-5H3. The summed E-state index contributed by atoms with van der Waals surface area (Å²) in [7, 11) is 1.72. The van der Waals surface area contributed by atoms with Gasteiger partial charge >= 0.3 is 0 Å². The quantitative estimate of drug-likeness (QED) is 0.831. The Labute approximate surface area is 120 Å². The van der Waals surface area contributed by atoms with Crippen LogP contribution in [0.3, 0.4) is 0 Å². The molecule has 18 heavy (non-hydrogen) atoms. The lowest BCUT2D eigenvalue weighted by Crippen LogP contribution is -2.31. The van der Waals surface area contributed by atoms with Gasteiger partial charge in [0.1, 0.15) is 0 Å². The van der Waals surface area contributed by atoms with Gasteiger partial charge in [-0.25, -0.2) is 0 Å². The second-order valence-corrected chi connectivity index (χ2v) is 6.11. The van der Waals surface area contributed by atoms with Gasteiger partial charge in [0.2, 0.25) is 0 Å². The lowest BCUT2D eigenvalue weighted by molar-refractivity contribution is 0.0128. The summed E-state index contributed by atoms with van der Waals surface area (Å²) in [4.78, 5) is 0. The van der Waals surface area contributed by atoms with E-state index in [2.05, 4.69) is 26.1 Å². The van der Waals surface area contributed by atoms with Gasteiger partial charge in [0, 0.05) is 18.2 Å². The molecule has 1 aromatic carbocycles. The van der Waals surface area contributed by atoms with Gasteiger partial charge in [-0.3, -0.25) is 0 Å². The highest BCUT2D eigenvalue weighted by atomic mass is 35.5. The number of nitrogens with one attached hydrogen (secondary N) is 1. The van der Waals surface area contributed by atoms with Crippen LogP contribution in [0.15, 0.2) is 12.1 Å². The van der Waals surface area contributed by atoms with Crippen LogP contribution in [0.4, 0.5) is 5.69 Å². The number of anilines is 1. The van der Waals surface area contributed by atoms with Crippen molar-refractivity contribution < 1.29 is 4.74 Å². The maximum Gasteiger partial charge on any atom is 0.0642 e. The van der Waals surface area contributed by atoms with Crippen LogP contribution in [0.1, 0.15) is 32.8 Å². The van der Waals surface area contributed by atoms with E-state index in [1.54, 1.807) is 7.11 Å². The summed E-state index contributed by atoms with van der Waals surface area (Å²) >= 11 is 12.3. The van der Waals surface area contributed by atoms with Crippen molar-refractivity contribution >= 4 is 28.9 Å². The SMILES string of the molecule is COC(C)(C)CC(C)Nc1cc(Cl)c(C)cc1Cl. The first-order valence-electron chi connectivity index (χ1n) is 6.02. The zero-order valence-corrected chi connectivity index (χ0v) is 13.1. The molecule has 0 fully saturated rings. The van der Waals surface area contributed by atoms with Crippen molar-refractivity contribution in [2.24, 2.45) is 0 Å². The van der Waals surface area contributed by atoms with E-state index in [1.165, 1.54) is 0 Å². The molecule has 0 radical (unpaired) electrons. The summed E-state index contributed by atoms with van der Waals surface area (Å²) in [6.07, 6.45) is 0.880. The van der Waals surface area contributed by atoms with Crippen LogP contribution in [0.2, 0.25) is 10.0 Å². The minimum atomic E-state index is -0.159. The van der Waals surface area contributed by atoms with Crippen molar-refractivity contribution in [3.8, 4) is 0 Å². The number of ether oxygens (including phenoxy) is 1. The third-order valence-electron chi connectivity index (χ3n) is 3.00. The Kier molecular flexibility index (Phi) is 5.32. The predicted octanol–water partition coefficient (Wildman–Crippen LogP) is 4.92. The lowest BCUT2D eigenvalue weighted by Gasteiger charge is -2.28. The molecule has 0 aliphatic heterocycles. The van der Waals surface area contributed by atoms with Crippen molar-refractivity contribution in [3.05, 3.63) is 27.7 Å². The van der Waals surface area contributed by atoms with Crippen LogP contribution in [-0.4, -0.2) is 18.8 Å². The Morgan fingerprint density at radius 1 is 1.28 bits per heavy atom. The number of benzene rings is 1. The summed E-state index contributed by atoms with van der Waals surface area (Å²) in [5.41, 5.74) is 1.69. The van der Waals surface area contributed by atoms with E-state index in [9.17, 15) is 0 Å². The molecule has 0 saturated heterocycles. The van der Waals surface area contributed by atoms with E-state index in [1.807, 2.05) is 19.1 Å². The first kappa shape index (κ1) is 15.6. The molecule has 0 aliphatic carbocycles. The van der Waals surface area contributed by atoms with Crippen molar-refractivity contribution in [1.82, 2.24) is 0 Å². The third-order valence-corrected chi connectivity index (χ3v) is 3.72. The molecule has 0 aliphatic rings. The van der Waals surface area contributed by atoms with Gasteiger partial charge in [-0.05, 0) is 51.8 Å². The normalized spacial score (nSPS) is 13.5. The topological polar surface area (TPSA) is 21.3 Å². The zero-order chi connectivity index (χ0) is 13.9. The summed E-state index contributed by atoms with van der Waals surface area (Å²) in [6, 6.07) is 3.99. The Hall–Kier alpha value is -0.440. The second kappa shape index (κ2) is 6.14. The molecule has 1 N–H and O–H groups in total. The van der Waals surface area contributed by atoms with E-state index in [4.69, 9.17) is 27.9 Å². The smallest absolute Gasteiger partial charge is 0.0642 e. The number of aryl methyl sites for hydroxylation is 1. The van der Waals surface area contributed by atoms with E-state index >= 15 is 0 Å².